The molecule has 0 bridgehead atoms. The molecule has 0 aliphatic heterocycles. The molecule has 0 aromatic heterocycles. The first-order valence-electron chi connectivity index (χ1n) is 6.84. The van der Waals surface area contributed by atoms with Gasteiger partial charge in [-0.05, 0) is 29.0 Å². The van der Waals surface area contributed by atoms with Gasteiger partial charge in [-0.2, -0.15) is 0 Å². The van der Waals surface area contributed by atoms with Crippen LogP contribution in [0.15, 0.2) is 78.9 Å². The van der Waals surface area contributed by atoms with Gasteiger partial charge >= 0.3 is 18.9 Å². The van der Waals surface area contributed by atoms with Gasteiger partial charge in [-0.3, -0.25) is 0 Å². The van der Waals surface area contributed by atoms with Crippen LogP contribution in [0.1, 0.15) is 5.56 Å². The molecule has 0 unspecified atom stereocenters. The Balaban J connectivity index is 0.00000176. The van der Waals surface area contributed by atoms with Crippen molar-refractivity contribution in [3.05, 3.63) is 84.4 Å². The summed E-state index contributed by atoms with van der Waals surface area (Å²) in [5.74, 6) is -0.00495. The van der Waals surface area contributed by atoms with E-state index in [9.17, 15) is 5.11 Å². The van der Waals surface area contributed by atoms with E-state index in [4.69, 9.17) is 0 Å². The first kappa shape index (κ1) is 16.1. The Hall–Kier alpha value is -2.27. The zero-order chi connectivity index (χ0) is 14.5. The Morgan fingerprint density at radius 1 is 0.682 bits per heavy atom. The molecule has 3 rings (SSSR count). The zero-order valence-electron chi connectivity index (χ0n) is 12.5. The average molecular weight is 280 g/mol. The molecule has 0 saturated heterocycles. The van der Waals surface area contributed by atoms with Crippen molar-refractivity contribution in [2.24, 2.45) is 0 Å². The van der Waals surface area contributed by atoms with E-state index < -0.39 is 0 Å². The predicted octanol–water partition coefficient (Wildman–Crippen LogP) is -0.738. The minimum atomic E-state index is -0.00495. The van der Waals surface area contributed by atoms with Crippen molar-refractivity contribution in [3.63, 3.8) is 0 Å². The minimum absolute atomic E-state index is 0. The largest absolute Gasteiger partial charge is 1.00 e. The van der Waals surface area contributed by atoms with Crippen molar-refractivity contribution in [1.82, 2.24) is 0 Å². The topological polar surface area (TPSA) is 37.0 Å². The van der Waals surface area contributed by atoms with E-state index in [0.717, 1.165) is 5.56 Å². The third-order valence-electron chi connectivity index (χ3n) is 3.30. The third-order valence-corrected chi connectivity index (χ3v) is 3.30. The summed E-state index contributed by atoms with van der Waals surface area (Å²) in [6.07, 6.45) is 1.84. The zero-order valence-corrected chi connectivity index (χ0v) is 12.5. The Kier molecular flexibility index (Phi) is 5.60. The van der Waals surface area contributed by atoms with Gasteiger partial charge < -0.3 is 5.11 Å². The molecule has 0 amide bonds. The predicted molar refractivity (Wildman–Crippen MR) is 83.6 cm³/mol. The van der Waals surface area contributed by atoms with Gasteiger partial charge in [0.05, 0.1) is 0 Å². The van der Waals surface area contributed by atoms with Crippen molar-refractivity contribution < 1.29 is 29.0 Å². The number of benzene rings is 3. The molecular weight excluding hydrogens is 265 g/mol. The first-order valence-corrected chi connectivity index (χ1v) is 6.84. The summed E-state index contributed by atoms with van der Waals surface area (Å²) in [6, 6.07) is 25.4. The molecule has 3 heteroatoms. The van der Waals surface area contributed by atoms with Gasteiger partial charge in [0.2, 0.25) is 0 Å². The number of nitrogens with one attached hydrogen (secondary N) is 1. The molecule has 0 radical (unpaired) electrons. The average Bonchev–Trinajstić information content (AvgIpc) is 2.55. The van der Waals surface area contributed by atoms with E-state index in [1.165, 1.54) is 11.1 Å². The van der Waals surface area contributed by atoms with E-state index in [2.05, 4.69) is 29.3 Å². The molecule has 0 aliphatic rings. The van der Waals surface area contributed by atoms with Crippen LogP contribution in [0.4, 0.5) is 5.69 Å². The van der Waals surface area contributed by atoms with Crippen LogP contribution >= 0.6 is 0 Å². The van der Waals surface area contributed by atoms with Gasteiger partial charge in [0, 0.05) is 11.6 Å². The maximum absolute atomic E-state index is 11.6. The maximum atomic E-state index is 11.6. The van der Waals surface area contributed by atoms with Crippen molar-refractivity contribution in [2.75, 3.05) is 0 Å². The van der Waals surface area contributed by atoms with E-state index >= 15 is 0 Å². The molecule has 0 spiro atoms. The van der Waals surface area contributed by atoms with Gasteiger partial charge in [-0.1, -0.05) is 60.7 Å². The summed E-state index contributed by atoms with van der Waals surface area (Å²) in [7, 11) is 0. The van der Waals surface area contributed by atoms with Gasteiger partial charge in [0.25, 0.3) is 0 Å². The van der Waals surface area contributed by atoms with Gasteiger partial charge in [-0.15, -0.1) is 0 Å². The monoisotopic (exact) mass is 280 g/mol. The Morgan fingerprint density at radius 2 is 1.27 bits per heavy atom. The van der Waals surface area contributed by atoms with Crippen LogP contribution < -0.4 is 29.0 Å². The van der Waals surface area contributed by atoms with E-state index in [1.54, 1.807) is 18.2 Å². The van der Waals surface area contributed by atoms with E-state index in [0.29, 0.717) is 5.69 Å². The van der Waals surface area contributed by atoms with Crippen molar-refractivity contribution in [2.45, 2.75) is 0 Å². The molecule has 3 aromatic carbocycles. The number of para-hydroxylation sites is 2. The molecule has 0 atom stereocenters. The summed E-state index contributed by atoms with van der Waals surface area (Å²) in [4.78, 5) is 3.05. The molecule has 3 aromatic rings. The van der Waals surface area contributed by atoms with Crippen molar-refractivity contribution in [1.29, 1.82) is 0 Å². The third kappa shape index (κ3) is 3.89. The fourth-order valence-corrected chi connectivity index (χ4v) is 2.15. The fourth-order valence-electron chi connectivity index (χ4n) is 2.15. The molecular formula is C19H15LiNO+. The molecule has 0 saturated carbocycles. The van der Waals surface area contributed by atoms with Crippen LogP contribution in [-0.2, 0) is 0 Å². The normalized spacial score (nSPS) is 10.4. The number of hydrogen-bond acceptors (Lipinski definition) is 1. The Bertz CT molecular complexity index is 752. The van der Waals surface area contributed by atoms with Crippen molar-refractivity contribution in [3.8, 4) is 16.9 Å². The second kappa shape index (κ2) is 7.66. The molecule has 2 nitrogen and oxygen atoms in total. The molecule has 0 fully saturated rings. The summed E-state index contributed by atoms with van der Waals surface area (Å²) in [6.45, 7) is 0. The number of rotatable bonds is 3. The van der Waals surface area contributed by atoms with Crippen molar-refractivity contribution >= 4 is 11.9 Å². The minimum Gasteiger partial charge on any atom is -0.868 e. The smallest absolute Gasteiger partial charge is 0.868 e. The SMILES string of the molecule is [Li+].[O-]c1ccccc1[NH+]=Cc1ccc(-c2ccccc2)cc1. The molecule has 0 heterocycles. The van der Waals surface area contributed by atoms with Crippen LogP contribution in [0, 0.1) is 0 Å². The standard InChI is InChI=1S/C19H15NO.Li/c21-19-9-5-4-8-18(19)20-14-15-10-12-17(13-11-15)16-6-2-1-3-7-16;/h1-14,21H;/q;+1. The van der Waals surface area contributed by atoms with Gasteiger partial charge in [0.15, 0.2) is 11.9 Å². The van der Waals surface area contributed by atoms with Crippen LogP contribution in [0.2, 0.25) is 0 Å². The van der Waals surface area contributed by atoms with Crippen LogP contribution in [0.5, 0.6) is 5.75 Å². The van der Waals surface area contributed by atoms with E-state index in [-0.39, 0.29) is 24.6 Å². The Labute approximate surface area is 142 Å². The van der Waals surface area contributed by atoms with Crippen LogP contribution in [-0.4, -0.2) is 6.21 Å². The molecule has 1 N–H and O–H groups in total. The van der Waals surface area contributed by atoms with Gasteiger partial charge in [-0.25, -0.2) is 4.99 Å². The summed E-state index contributed by atoms with van der Waals surface area (Å²) >= 11 is 0. The van der Waals surface area contributed by atoms with E-state index in [1.807, 2.05) is 42.6 Å². The number of hydrogen-bond donors (Lipinski definition) is 1. The second-order valence-corrected chi connectivity index (χ2v) is 4.77. The van der Waals surface area contributed by atoms with Crippen LogP contribution in [0.25, 0.3) is 11.1 Å². The molecule has 0 aliphatic carbocycles. The maximum Gasteiger partial charge on any atom is 1.00 e. The second-order valence-electron chi connectivity index (χ2n) is 4.77. The fraction of sp³-hybridized carbons (Fsp3) is 0. The quantitative estimate of drug-likeness (QED) is 0.498. The summed E-state index contributed by atoms with van der Waals surface area (Å²) in [5, 5.41) is 11.6. The molecule has 102 valence electrons. The first-order chi connectivity index (χ1) is 10.3. The summed E-state index contributed by atoms with van der Waals surface area (Å²) < 4.78 is 0. The Morgan fingerprint density at radius 3 is 1.95 bits per heavy atom. The van der Waals surface area contributed by atoms with Gasteiger partial charge in [0.1, 0.15) is 0 Å². The summed E-state index contributed by atoms with van der Waals surface area (Å²) in [5.41, 5.74) is 3.99. The van der Waals surface area contributed by atoms with Crippen LogP contribution in [0.3, 0.4) is 0 Å². The molecule has 22 heavy (non-hydrogen) atoms.